The van der Waals surface area contributed by atoms with Crippen LogP contribution in [0.25, 0.3) is 0 Å². The molecule has 2 heterocycles. The Balaban J connectivity index is 1.64. The van der Waals surface area contributed by atoms with Gasteiger partial charge in [-0.3, -0.25) is 10.1 Å². The molecule has 1 saturated heterocycles. The van der Waals surface area contributed by atoms with Crippen LogP contribution in [0.15, 0.2) is 36.5 Å². The first-order valence-corrected chi connectivity index (χ1v) is 12.5. The number of nitro groups is 1. The minimum absolute atomic E-state index is 0.0163. The number of anilines is 5. The third-order valence-electron chi connectivity index (χ3n) is 6.03. The Kier molecular flexibility index (Phi) is 7.79. The lowest BCUT2D eigenvalue weighted by Crippen LogP contribution is -2.30. The molecule has 190 valence electrons. The molecular formula is C26H31ClN6O3. The van der Waals surface area contributed by atoms with Gasteiger partial charge in [-0.25, -0.2) is 4.98 Å². The van der Waals surface area contributed by atoms with Crippen molar-refractivity contribution in [3.8, 4) is 5.75 Å². The number of ether oxygens (including phenoxy) is 1. The van der Waals surface area contributed by atoms with Gasteiger partial charge in [-0.15, -0.1) is 0 Å². The van der Waals surface area contributed by atoms with Crippen molar-refractivity contribution < 1.29 is 9.66 Å². The predicted molar refractivity (Wildman–Crippen MR) is 144 cm³/mol. The second-order valence-electron chi connectivity index (χ2n) is 9.25. The average molecular weight is 511 g/mol. The van der Waals surface area contributed by atoms with Crippen LogP contribution < -0.4 is 20.3 Å². The number of halogens is 1. The highest BCUT2D eigenvalue weighted by Crippen LogP contribution is 2.38. The quantitative estimate of drug-likeness (QED) is 0.248. The first-order chi connectivity index (χ1) is 17.2. The summed E-state index contributed by atoms with van der Waals surface area (Å²) in [4.78, 5) is 22.0. The van der Waals surface area contributed by atoms with E-state index in [1.165, 1.54) is 43.3 Å². The standard InChI is InChI=1S/C26H31ClN6O3/c1-16(2)36-24-14-23(32-10-6-5-7-11-32)18(4)12-22(24)29-25-20(27)15-28-26(31-25)30-21-13-19(33(34)35)9-8-17(21)3/h8-9,12-16H,5-7,10-11H2,1-4H3,(H2,28,29,30,31). The maximum Gasteiger partial charge on any atom is 0.271 e. The van der Waals surface area contributed by atoms with Crippen molar-refractivity contribution >= 4 is 46.1 Å². The maximum absolute atomic E-state index is 11.2. The highest BCUT2D eigenvalue weighted by molar-refractivity contribution is 6.33. The summed E-state index contributed by atoms with van der Waals surface area (Å²) in [6.07, 6.45) is 5.12. The van der Waals surface area contributed by atoms with E-state index in [0.717, 1.165) is 35.7 Å². The molecule has 9 nitrogen and oxygen atoms in total. The molecule has 1 aliphatic rings. The van der Waals surface area contributed by atoms with E-state index in [9.17, 15) is 10.1 Å². The molecular weight excluding hydrogens is 480 g/mol. The van der Waals surface area contributed by atoms with E-state index in [-0.39, 0.29) is 17.7 Å². The number of benzene rings is 2. The van der Waals surface area contributed by atoms with Gasteiger partial charge >= 0.3 is 0 Å². The highest BCUT2D eigenvalue weighted by atomic mass is 35.5. The monoisotopic (exact) mass is 510 g/mol. The molecule has 0 atom stereocenters. The second-order valence-corrected chi connectivity index (χ2v) is 9.65. The number of hydrogen-bond acceptors (Lipinski definition) is 8. The molecule has 0 unspecified atom stereocenters. The molecule has 0 spiro atoms. The van der Waals surface area contributed by atoms with Crippen molar-refractivity contribution in [2.45, 2.75) is 53.1 Å². The topological polar surface area (TPSA) is 105 Å². The van der Waals surface area contributed by atoms with Gasteiger partial charge in [0, 0.05) is 37.0 Å². The van der Waals surface area contributed by atoms with Gasteiger partial charge in [-0.2, -0.15) is 4.98 Å². The summed E-state index contributed by atoms with van der Waals surface area (Å²) in [6.45, 7) is 10.0. The van der Waals surface area contributed by atoms with E-state index in [4.69, 9.17) is 16.3 Å². The van der Waals surface area contributed by atoms with Crippen LogP contribution in [0.4, 0.5) is 34.5 Å². The van der Waals surface area contributed by atoms with Crippen LogP contribution in [0.5, 0.6) is 5.75 Å². The average Bonchev–Trinajstić information content (AvgIpc) is 2.84. The van der Waals surface area contributed by atoms with Crippen molar-refractivity contribution in [3.63, 3.8) is 0 Å². The van der Waals surface area contributed by atoms with E-state index in [1.54, 1.807) is 6.07 Å². The Morgan fingerprint density at radius 2 is 1.81 bits per heavy atom. The van der Waals surface area contributed by atoms with Gasteiger partial charge in [-0.05, 0) is 64.2 Å². The van der Waals surface area contributed by atoms with Crippen LogP contribution >= 0.6 is 11.6 Å². The number of nitrogens with one attached hydrogen (secondary N) is 2. The molecule has 4 rings (SSSR count). The fraction of sp³-hybridized carbons (Fsp3) is 0.385. The zero-order chi connectivity index (χ0) is 25.8. The van der Waals surface area contributed by atoms with Crippen molar-refractivity contribution in [1.29, 1.82) is 0 Å². The Hall–Kier alpha value is -3.59. The molecule has 0 saturated carbocycles. The summed E-state index contributed by atoms with van der Waals surface area (Å²) in [5.41, 5.74) is 4.41. The van der Waals surface area contributed by atoms with Crippen molar-refractivity contribution in [3.05, 3.63) is 62.8 Å². The Morgan fingerprint density at radius 3 is 2.50 bits per heavy atom. The predicted octanol–water partition coefficient (Wildman–Crippen LogP) is 6.92. The molecule has 2 aromatic carbocycles. The third kappa shape index (κ3) is 5.96. The molecule has 36 heavy (non-hydrogen) atoms. The molecule has 0 radical (unpaired) electrons. The molecule has 1 fully saturated rings. The molecule has 1 aromatic heterocycles. The van der Waals surface area contributed by atoms with Crippen LogP contribution in [-0.4, -0.2) is 34.1 Å². The van der Waals surface area contributed by atoms with E-state index < -0.39 is 4.92 Å². The van der Waals surface area contributed by atoms with Gasteiger partial charge < -0.3 is 20.3 Å². The van der Waals surface area contributed by atoms with E-state index in [1.807, 2.05) is 20.8 Å². The first-order valence-electron chi connectivity index (χ1n) is 12.1. The van der Waals surface area contributed by atoms with Gasteiger partial charge in [0.2, 0.25) is 5.95 Å². The first kappa shape index (κ1) is 25.5. The normalized spacial score (nSPS) is 13.6. The van der Waals surface area contributed by atoms with Crippen LogP contribution in [0.2, 0.25) is 5.02 Å². The lowest BCUT2D eigenvalue weighted by Gasteiger charge is -2.31. The number of aromatic nitrogens is 2. The Labute approximate surface area is 216 Å². The van der Waals surface area contributed by atoms with Crippen molar-refractivity contribution in [2.75, 3.05) is 28.6 Å². The Morgan fingerprint density at radius 1 is 1.06 bits per heavy atom. The highest BCUT2D eigenvalue weighted by Gasteiger charge is 2.19. The number of rotatable bonds is 8. The fourth-order valence-electron chi connectivity index (χ4n) is 4.22. The molecule has 10 heteroatoms. The summed E-state index contributed by atoms with van der Waals surface area (Å²) < 4.78 is 6.17. The Bertz CT molecular complexity index is 1260. The van der Waals surface area contributed by atoms with Crippen LogP contribution in [0.3, 0.4) is 0 Å². The molecule has 2 N–H and O–H groups in total. The lowest BCUT2D eigenvalue weighted by molar-refractivity contribution is -0.384. The van der Waals surface area contributed by atoms with E-state index >= 15 is 0 Å². The van der Waals surface area contributed by atoms with Gasteiger partial charge in [0.05, 0.1) is 28.6 Å². The fourth-order valence-corrected chi connectivity index (χ4v) is 4.36. The van der Waals surface area contributed by atoms with Crippen molar-refractivity contribution in [2.24, 2.45) is 0 Å². The SMILES string of the molecule is Cc1ccc([N+](=O)[O-])cc1Nc1ncc(Cl)c(Nc2cc(C)c(N3CCCCC3)cc2OC(C)C)n1. The van der Waals surface area contributed by atoms with Gasteiger partial charge in [-0.1, -0.05) is 17.7 Å². The number of piperidine rings is 1. The van der Waals surface area contributed by atoms with E-state index in [0.29, 0.717) is 16.5 Å². The number of nitro benzene ring substituents is 1. The van der Waals surface area contributed by atoms with Gasteiger partial charge in [0.25, 0.3) is 5.69 Å². The minimum atomic E-state index is -0.438. The molecule has 0 amide bonds. The summed E-state index contributed by atoms with van der Waals surface area (Å²) in [6, 6.07) is 8.74. The summed E-state index contributed by atoms with van der Waals surface area (Å²) in [5.74, 6) is 1.38. The summed E-state index contributed by atoms with van der Waals surface area (Å²) in [5, 5.41) is 17.9. The molecule has 1 aliphatic heterocycles. The van der Waals surface area contributed by atoms with Gasteiger partial charge in [0.1, 0.15) is 10.8 Å². The second kappa shape index (κ2) is 11.0. The minimum Gasteiger partial charge on any atom is -0.489 e. The van der Waals surface area contributed by atoms with Crippen LogP contribution in [0.1, 0.15) is 44.2 Å². The molecule has 0 aliphatic carbocycles. The largest absolute Gasteiger partial charge is 0.489 e. The number of aryl methyl sites for hydroxylation is 2. The number of hydrogen-bond donors (Lipinski definition) is 2. The maximum atomic E-state index is 11.2. The number of non-ortho nitro benzene ring substituents is 1. The van der Waals surface area contributed by atoms with Crippen LogP contribution in [0, 0.1) is 24.0 Å². The van der Waals surface area contributed by atoms with Gasteiger partial charge in [0.15, 0.2) is 5.82 Å². The van der Waals surface area contributed by atoms with Crippen molar-refractivity contribution in [1.82, 2.24) is 9.97 Å². The van der Waals surface area contributed by atoms with Crippen LogP contribution in [-0.2, 0) is 0 Å². The number of nitrogens with zero attached hydrogens (tertiary/aromatic N) is 4. The zero-order valence-corrected chi connectivity index (χ0v) is 21.7. The zero-order valence-electron chi connectivity index (χ0n) is 21.0. The lowest BCUT2D eigenvalue weighted by atomic mass is 10.1. The van der Waals surface area contributed by atoms with E-state index in [2.05, 4.69) is 44.6 Å². The third-order valence-corrected chi connectivity index (χ3v) is 6.31. The summed E-state index contributed by atoms with van der Waals surface area (Å²) >= 11 is 6.44. The summed E-state index contributed by atoms with van der Waals surface area (Å²) in [7, 11) is 0. The smallest absolute Gasteiger partial charge is 0.271 e. The molecule has 0 bridgehead atoms. The molecule has 3 aromatic rings.